The van der Waals surface area contributed by atoms with Crippen LogP contribution in [0.25, 0.3) is 0 Å². The molecule has 0 spiro atoms. The zero-order chi connectivity index (χ0) is 16.9. The molecule has 4 nitrogen and oxygen atoms in total. The van der Waals surface area contributed by atoms with Crippen LogP contribution in [0.2, 0.25) is 0 Å². The summed E-state index contributed by atoms with van der Waals surface area (Å²) >= 11 is 0. The van der Waals surface area contributed by atoms with Gasteiger partial charge in [-0.2, -0.15) is 0 Å². The largest absolute Gasteiger partial charge is 0.478 e. The van der Waals surface area contributed by atoms with Gasteiger partial charge in [-0.1, -0.05) is 24.3 Å². The molecule has 24 heavy (non-hydrogen) atoms. The second-order valence-corrected chi connectivity index (χ2v) is 6.04. The van der Waals surface area contributed by atoms with Crippen molar-refractivity contribution in [3.05, 3.63) is 65.5 Å². The maximum Gasteiger partial charge on any atom is 0.337 e. The van der Waals surface area contributed by atoms with Gasteiger partial charge in [-0.05, 0) is 55.8 Å². The van der Waals surface area contributed by atoms with Gasteiger partial charge in [0.05, 0.1) is 11.6 Å². The maximum absolute atomic E-state index is 13.2. The summed E-state index contributed by atoms with van der Waals surface area (Å²) in [6.45, 7) is 2.59. The minimum absolute atomic E-state index is 0.0925. The molecule has 2 N–H and O–H groups in total. The van der Waals surface area contributed by atoms with Gasteiger partial charge in [0.1, 0.15) is 5.82 Å². The number of benzene rings is 2. The molecule has 2 aromatic rings. The van der Waals surface area contributed by atoms with E-state index in [4.69, 9.17) is 0 Å². The molecule has 3 rings (SSSR count). The summed E-state index contributed by atoms with van der Waals surface area (Å²) in [6.07, 6.45) is 2.31. The van der Waals surface area contributed by atoms with E-state index in [1.54, 1.807) is 18.2 Å². The first-order valence-electron chi connectivity index (χ1n) is 8.21. The Hall–Kier alpha value is -2.40. The predicted molar refractivity (Wildman–Crippen MR) is 91.8 cm³/mol. The number of anilines is 1. The van der Waals surface area contributed by atoms with Gasteiger partial charge in [0, 0.05) is 12.2 Å². The van der Waals surface area contributed by atoms with E-state index in [0.29, 0.717) is 12.2 Å². The number of aromatic carboxylic acids is 1. The molecule has 0 aromatic heterocycles. The Bertz CT molecular complexity index is 697. The summed E-state index contributed by atoms with van der Waals surface area (Å²) < 4.78 is 13.2. The van der Waals surface area contributed by atoms with E-state index < -0.39 is 5.97 Å². The first kappa shape index (κ1) is 16.5. The molecule has 1 unspecified atom stereocenters. The Balaban J connectivity index is 1.80. The molecule has 0 radical (unpaired) electrons. The van der Waals surface area contributed by atoms with Gasteiger partial charge in [0.2, 0.25) is 0 Å². The number of carboxylic acids is 1. The Kier molecular flexibility index (Phi) is 5.11. The lowest BCUT2D eigenvalue weighted by Crippen LogP contribution is -2.31. The Morgan fingerprint density at radius 3 is 2.46 bits per heavy atom. The number of carboxylic acid groups (broad SMARTS) is 1. The summed E-state index contributed by atoms with van der Waals surface area (Å²) in [5.41, 5.74) is 1.91. The van der Waals surface area contributed by atoms with Crippen molar-refractivity contribution >= 4 is 11.7 Å². The monoisotopic (exact) mass is 328 g/mol. The van der Waals surface area contributed by atoms with Gasteiger partial charge in [-0.15, -0.1) is 0 Å². The fraction of sp³-hybridized carbons (Fsp3) is 0.316. The van der Waals surface area contributed by atoms with Crippen molar-refractivity contribution in [2.75, 3.05) is 25.0 Å². The van der Waals surface area contributed by atoms with E-state index in [-0.39, 0.29) is 17.4 Å². The maximum atomic E-state index is 13.2. The van der Waals surface area contributed by atoms with E-state index in [1.165, 1.54) is 12.1 Å². The number of hydrogen-bond acceptors (Lipinski definition) is 3. The van der Waals surface area contributed by atoms with Gasteiger partial charge in [0.15, 0.2) is 0 Å². The molecule has 1 atom stereocenters. The highest BCUT2D eigenvalue weighted by molar-refractivity contribution is 5.94. The number of likely N-dealkylation sites (tertiary alicyclic amines) is 1. The SMILES string of the molecule is O=C(O)c1ccccc1NCC(c1ccc(F)cc1)N1CCCC1. The lowest BCUT2D eigenvalue weighted by Gasteiger charge is -2.29. The molecule has 0 aliphatic carbocycles. The highest BCUT2D eigenvalue weighted by Gasteiger charge is 2.23. The van der Waals surface area contributed by atoms with Crippen LogP contribution in [0.4, 0.5) is 10.1 Å². The molecular formula is C19H21FN2O2. The highest BCUT2D eigenvalue weighted by Crippen LogP contribution is 2.26. The third-order valence-corrected chi connectivity index (χ3v) is 4.48. The molecular weight excluding hydrogens is 307 g/mol. The fourth-order valence-electron chi connectivity index (χ4n) is 3.23. The number of carbonyl (C=O) groups is 1. The molecule has 0 saturated carbocycles. The third-order valence-electron chi connectivity index (χ3n) is 4.48. The number of rotatable bonds is 6. The average molecular weight is 328 g/mol. The van der Waals surface area contributed by atoms with Gasteiger partial charge >= 0.3 is 5.97 Å². The standard InChI is InChI=1S/C19H21FN2O2/c20-15-9-7-14(8-10-15)18(22-11-3-4-12-22)13-21-17-6-2-1-5-16(17)19(23)24/h1-2,5-10,18,21H,3-4,11-13H2,(H,23,24). The lowest BCUT2D eigenvalue weighted by molar-refractivity contribution is 0.0698. The summed E-state index contributed by atoms with van der Waals surface area (Å²) in [7, 11) is 0. The van der Waals surface area contributed by atoms with Crippen LogP contribution in [0, 0.1) is 5.82 Å². The smallest absolute Gasteiger partial charge is 0.337 e. The molecule has 1 saturated heterocycles. The second-order valence-electron chi connectivity index (χ2n) is 6.04. The highest BCUT2D eigenvalue weighted by atomic mass is 19.1. The number of nitrogens with zero attached hydrogens (tertiary/aromatic N) is 1. The minimum atomic E-state index is -0.947. The topological polar surface area (TPSA) is 52.6 Å². The van der Waals surface area contributed by atoms with Gasteiger partial charge < -0.3 is 10.4 Å². The molecule has 5 heteroatoms. The fourth-order valence-corrected chi connectivity index (χ4v) is 3.23. The van der Waals surface area contributed by atoms with Crippen molar-refractivity contribution in [2.24, 2.45) is 0 Å². The summed E-state index contributed by atoms with van der Waals surface area (Å²) in [5.74, 6) is -1.19. The molecule has 2 aromatic carbocycles. The molecule has 0 amide bonds. The number of hydrogen-bond donors (Lipinski definition) is 2. The zero-order valence-corrected chi connectivity index (χ0v) is 13.4. The van der Waals surface area contributed by atoms with Crippen molar-refractivity contribution in [1.29, 1.82) is 0 Å². The lowest BCUT2D eigenvalue weighted by atomic mass is 10.0. The molecule has 1 aliphatic heterocycles. The molecule has 1 fully saturated rings. The number of nitrogens with one attached hydrogen (secondary N) is 1. The van der Waals surface area contributed by atoms with Gasteiger partial charge in [0.25, 0.3) is 0 Å². The van der Waals surface area contributed by atoms with E-state index in [1.807, 2.05) is 18.2 Å². The van der Waals surface area contributed by atoms with Gasteiger partial charge in [-0.3, -0.25) is 4.90 Å². The van der Waals surface area contributed by atoms with Crippen LogP contribution in [0.15, 0.2) is 48.5 Å². The van der Waals surface area contributed by atoms with Crippen LogP contribution < -0.4 is 5.32 Å². The quantitative estimate of drug-likeness (QED) is 0.847. The van der Waals surface area contributed by atoms with E-state index in [0.717, 1.165) is 31.5 Å². The van der Waals surface area contributed by atoms with Crippen LogP contribution in [0.1, 0.15) is 34.8 Å². The van der Waals surface area contributed by atoms with Crippen LogP contribution in [0.5, 0.6) is 0 Å². The van der Waals surface area contributed by atoms with Crippen molar-refractivity contribution < 1.29 is 14.3 Å². The van der Waals surface area contributed by atoms with E-state index in [9.17, 15) is 14.3 Å². The van der Waals surface area contributed by atoms with E-state index in [2.05, 4.69) is 10.2 Å². The Morgan fingerprint density at radius 1 is 1.12 bits per heavy atom. The Morgan fingerprint density at radius 2 is 1.79 bits per heavy atom. The number of para-hydroxylation sites is 1. The summed E-state index contributed by atoms with van der Waals surface area (Å²) in [4.78, 5) is 13.7. The molecule has 0 bridgehead atoms. The molecule has 1 heterocycles. The van der Waals surface area contributed by atoms with Gasteiger partial charge in [-0.25, -0.2) is 9.18 Å². The van der Waals surface area contributed by atoms with Crippen molar-refractivity contribution in [1.82, 2.24) is 4.90 Å². The van der Waals surface area contributed by atoms with E-state index >= 15 is 0 Å². The average Bonchev–Trinajstić information content (AvgIpc) is 3.11. The minimum Gasteiger partial charge on any atom is -0.478 e. The molecule has 126 valence electrons. The van der Waals surface area contributed by atoms with Crippen LogP contribution >= 0.6 is 0 Å². The Labute approximate surface area is 140 Å². The van der Waals surface area contributed by atoms with Crippen LogP contribution in [-0.4, -0.2) is 35.6 Å². The van der Waals surface area contributed by atoms with Crippen molar-refractivity contribution in [3.63, 3.8) is 0 Å². The van der Waals surface area contributed by atoms with Crippen LogP contribution in [-0.2, 0) is 0 Å². The summed E-state index contributed by atoms with van der Waals surface area (Å²) in [5, 5.41) is 12.6. The van der Waals surface area contributed by atoms with Crippen molar-refractivity contribution in [2.45, 2.75) is 18.9 Å². The molecule has 1 aliphatic rings. The second kappa shape index (κ2) is 7.45. The summed E-state index contributed by atoms with van der Waals surface area (Å²) in [6, 6.07) is 13.6. The first-order chi connectivity index (χ1) is 11.6. The predicted octanol–water partition coefficient (Wildman–Crippen LogP) is 3.77. The van der Waals surface area contributed by atoms with Crippen molar-refractivity contribution in [3.8, 4) is 0 Å². The number of halogens is 1. The van der Waals surface area contributed by atoms with Crippen LogP contribution in [0.3, 0.4) is 0 Å². The first-order valence-corrected chi connectivity index (χ1v) is 8.21. The zero-order valence-electron chi connectivity index (χ0n) is 13.4. The third kappa shape index (κ3) is 3.74. The normalized spacial score (nSPS) is 16.0.